The van der Waals surface area contributed by atoms with Crippen LogP contribution in [0.3, 0.4) is 0 Å². The molecule has 0 radical (unpaired) electrons. The molecule has 0 aromatic heterocycles. The minimum Gasteiger partial charge on any atom is -0.462 e. The highest BCUT2D eigenvalue weighted by Gasteiger charge is 2.63. The van der Waals surface area contributed by atoms with Crippen molar-refractivity contribution in [1.29, 1.82) is 0 Å². The molecular formula is C23H34O5. The largest absolute Gasteiger partial charge is 0.462 e. The highest BCUT2D eigenvalue weighted by Crippen LogP contribution is 2.66. The van der Waals surface area contributed by atoms with Crippen molar-refractivity contribution in [2.24, 2.45) is 28.6 Å². The van der Waals surface area contributed by atoms with Gasteiger partial charge in [-0.3, -0.25) is 9.59 Å². The van der Waals surface area contributed by atoms with Gasteiger partial charge in [-0.25, -0.2) is 0 Å². The Bertz CT molecular complexity index is 680. The molecule has 0 saturated heterocycles. The second-order valence-electron chi connectivity index (χ2n) is 9.62. The summed E-state index contributed by atoms with van der Waals surface area (Å²) >= 11 is 0. The molecule has 0 aliphatic heterocycles. The fourth-order valence-electron chi connectivity index (χ4n) is 7.58. The summed E-state index contributed by atoms with van der Waals surface area (Å²) in [7, 11) is 3.44. The van der Waals surface area contributed by atoms with E-state index in [1.54, 1.807) is 14.2 Å². The van der Waals surface area contributed by atoms with Crippen molar-refractivity contribution < 1.29 is 23.8 Å². The van der Waals surface area contributed by atoms with E-state index in [0.29, 0.717) is 24.2 Å². The second kappa shape index (κ2) is 7.24. The number of hydrogen-bond acceptors (Lipinski definition) is 5. The molecule has 28 heavy (non-hydrogen) atoms. The van der Waals surface area contributed by atoms with Crippen LogP contribution in [-0.2, 0) is 23.8 Å². The molecule has 5 heteroatoms. The van der Waals surface area contributed by atoms with Gasteiger partial charge in [0.25, 0.3) is 0 Å². The fourth-order valence-corrected chi connectivity index (χ4v) is 7.58. The summed E-state index contributed by atoms with van der Waals surface area (Å²) in [6, 6.07) is 0. The number of esters is 1. The lowest BCUT2D eigenvalue weighted by atomic mass is 9.46. The smallest absolute Gasteiger partial charge is 0.302 e. The minimum absolute atomic E-state index is 0.0393. The van der Waals surface area contributed by atoms with Gasteiger partial charge < -0.3 is 14.2 Å². The average Bonchev–Trinajstić information content (AvgIpc) is 2.98. The van der Waals surface area contributed by atoms with E-state index in [9.17, 15) is 9.59 Å². The monoisotopic (exact) mass is 390 g/mol. The van der Waals surface area contributed by atoms with Gasteiger partial charge in [0.1, 0.15) is 6.10 Å². The summed E-state index contributed by atoms with van der Waals surface area (Å²) in [6.07, 6.45) is 9.30. The van der Waals surface area contributed by atoms with Crippen LogP contribution in [0.4, 0.5) is 0 Å². The van der Waals surface area contributed by atoms with Crippen LogP contribution in [0.2, 0.25) is 0 Å². The van der Waals surface area contributed by atoms with Crippen LogP contribution in [0.1, 0.15) is 65.2 Å². The first-order valence-electron chi connectivity index (χ1n) is 10.8. The summed E-state index contributed by atoms with van der Waals surface area (Å²) in [5, 5.41) is 0. The lowest BCUT2D eigenvalue weighted by Gasteiger charge is -2.60. The third-order valence-electron chi connectivity index (χ3n) is 8.63. The molecule has 0 spiro atoms. The van der Waals surface area contributed by atoms with Gasteiger partial charge in [0, 0.05) is 38.4 Å². The van der Waals surface area contributed by atoms with E-state index in [1.807, 2.05) is 6.08 Å². The molecule has 5 nitrogen and oxygen atoms in total. The van der Waals surface area contributed by atoms with Crippen LogP contribution in [0.15, 0.2) is 11.6 Å². The van der Waals surface area contributed by atoms with Gasteiger partial charge in [-0.15, -0.1) is 0 Å². The Labute approximate surface area is 168 Å². The molecule has 0 N–H and O–H groups in total. The number of ketones is 1. The Kier molecular flexibility index (Phi) is 5.20. The van der Waals surface area contributed by atoms with E-state index < -0.39 is 0 Å². The van der Waals surface area contributed by atoms with Crippen molar-refractivity contribution in [3.05, 3.63) is 11.6 Å². The standard InChI is InChI=1S/C23H34O5/c1-14(24)28-20-8-7-18-17-6-5-15-13-16(25)9-12-23(15,21(26-3)27-4)19(17)10-11-22(18,20)2/h13,17-21H,5-12H2,1-4H3/t17-,18-,19-,20-,22-,23-/m1/s1. The Morgan fingerprint density at radius 1 is 1.07 bits per heavy atom. The van der Waals surface area contributed by atoms with Gasteiger partial charge in [-0.05, 0) is 68.8 Å². The Balaban J connectivity index is 1.70. The van der Waals surface area contributed by atoms with Gasteiger partial charge in [-0.1, -0.05) is 12.5 Å². The molecule has 3 fully saturated rings. The molecule has 4 aliphatic carbocycles. The highest BCUT2D eigenvalue weighted by molar-refractivity contribution is 5.91. The van der Waals surface area contributed by atoms with Crippen molar-refractivity contribution in [3.63, 3.8) is 0 Å². The molecule has 0 aromatic rings. The van der Waals surface area contributed by atoms with Gasteiger partial charge in [-0.2, -0.15) is 0 Å². The molecule has 4 rings (SSSR count). The average molecular weight is 391 g/mol. The minimum atomic E-state index is -0.310. The summed E-state index contributed by atoms with van der Waals surface area (Å²) in [4.78, 5) is 23.8. The zero-order valence-corrected chi connectivity index (χ0v) is 17.7. The lowest BCUT2D eigenvalue weighted by Crippen LogP contribution is -2.57. The summed E-state index contributed by atoms with van der Waals surface area (Å²) < 4.78 is 17.5. The molecule has 4 aliphatic rings. The first kappa shape index (κ1) is 20.1. The van der Waals surface area contributed by atoms with Gasteiger partial charge in [0.2, 0.25) is 0 Å². The first-order valence-corrected chi connectivity index (χ1v) is 10.8. The highest BCUT2D eigenvalue weighted by atomic mass is 16.7. The third-order valence-corrected chi connectivity index (χ3v) is 8.63. The summed E-state index contributed by atoms with van der Waals surface area (Å²) in [5.74, 6) is 1.66. The van der Waals surface area contributed by atoms with Gasteiger partial charge in [0.15, 0.2) is 12.1 Å². The lowest BCUT2D eigenvalue weighted by molar-refractivity contribution is -0.215. The number of carbonyl (C=O) groups excluding carboxylic acids is 2. The van der Waals surface area contributed by atoms with Crippen molar-refractivity contribution in [1.82, 2.24) is 0 Å². The molecule has 0 unspecified atom stereocenters. The predicted molar refractivity (Wildman–Crippen MR) is 104 cm³/mol. The molecule has 0 bridgehead atoms. The van der Waals surface area contributed by atoms with E-state index in [4.69, 9.17) is 14.2 Å². The van der Waals surface area contributed by atoms with Crippen LogP contribution in [-0.4, -0.2) is 38.4 Å². The van der Waals surface area contributed by atoms with Crippen LogP contribution in [0, 0.1) is 28.6 Å². The number of fused-ring (bicyclic) bond motifs is 5. The van der Waals surface area contributed by atoms with E-state index >= 15 is 0 Å². The zero-order chi connectivity index (χ0) is 20.1. The SMILES string of the molecule is COC(OC)[C@]12CCC(=O)C=C1CC[C@@H]1[C@H]3CC[C@@H](OC(C)=O)[C@]3(C)CC[C@H]12. The summed E-state index contributed by atoms with van der Waals surface area (Å²) in [5.41, 5.74) is 1.12. The maximum Gasteiger partial charge on any atom is 0.302 e. The molecule has 6 atom stereocenters. The molecular weight excluding hydrogens is 356 g/mol. The number of ether oxygens (including phenoxy) is 3. The molecule has 0 heterocycles. The van der Waals surface area contributed by atoms with E-state index in [-0.39, 0.29) is 35.0 Å². The Hall–Kier alpha value is -1.20. The number of hydrogen-bond donors (Lipinski definition) is 0. The predicted octanol–water partition coefficient (Wildman–Crippen LogP) is 4.05. The number of carbonyl (C=O) groups is 2. The number of rotatable bonds is 4. The molecule has 156 valence electrons. The topological polar surface area (TPSA) is 61.8 Å². The maximum atomic E-state index is 12.2. The second-order valence-corrected chi connectivity index (χ2v) is 9.62. The van der Waals surface area contributed by atoms with Gasteiger partial charge in [0.05, 0.1) is 0 Å². The third kappa shape index (κ3) is 2.80. The number of methoxy groups -OCH3 is 2. The normalized spacial score (nSPS) is 42.5. The van der Waals surface area contributed by atoms with E-state index in [2.05, 4.69) is 6.92 Å². The quantitative estimate of drug-likeness (QED) is 0.535. The molecule has 3 saturated carbocycles. The summed E-state index contributed by atoms with van der Waals surface area (Å²) in [6.45, 7) is 3.86. The Morgan fingerprint density at radius 2 is 1.82 bits per heavy atom. The first-order chi connectivity index (χ1) is 13.4. The van der Waals surface area contributed by atoms with Crippen LogP contribution >= 0.6 is 0 Å². The van der Waals surface area contributed by atoms with Gasteiger partial charge >= 0.3 is 5.97 Å². The van der Waals surface area contributed by atoms with Crippen LogP contribution in [0.5, 0.6) is 0 Å². The van der Waals surface area contributed by atoms with Crippen molar-refractivity contribution in [2.75, 3.05) is 14.2 Å². The van der Waals surface area contributed by atoms with Crippen molar-refractivity contribution >= 4 is 11.8 Å². The van der Waals surface area contributed by atoms with Crippen molar-refractivity contribution in [2.45, 2.75) is 77.6 Å². The maximum absolute atomic E-state index is 12.2. The van der Waals surface area contributed by atoms with Crippen LogP contribution < -0.4 is 0 Å². The zero-order valence-electron chi connectivity index (χ0n) is 17.7. The fraction of sp³-hybridized carbons (Fsp3) is 0.826. The molecule has 0 amide bonds. The Morgan fingerprint density at radius 3 is 2.50 bits per heavy atom. The molecule has 0 aromatic carbocycles. The van der Waals surface area contributed by atoms with E-state index in [1.165, 1.54) is 12.5 Å². The van der Waals surface area contributed by atoms with E-state index in [0.717, 1.165) is 44.9 Å². The van der Waals surface area contributed by atoms with Crippen molar-refractivity contribution in [3.8, 4) is 0 Å². The van der Waals surface area contributed by atoms with Crippen LogP contribution in [0.25, 0.3) is 0 Å².